The molecule has 1 N–H and O–H groups in total. The molecule has 0 aliphatic rings. The highest BCUT2D eigenvalue weighted by molar-refractivity contribution is 5.79. The maximum atomic E-state index is 9.03. The summed E-state index contributed by atoms with van der Waals surface area (Å²) in [4.78, 5) is 4.71. The van der Waals surface area contributed by atoms with Crippen LogP contribution in [0.3, 0.4) is 0 Å². The molecule has 3 aromatic rings. The number of ether oxygens (including phenoxy) is 2. The van der Waals surface area contributed by atoms with Crippen LogP contribution in [0.4, 0.5) is 0 Å². The van der Waals surface area contributed by atoms with Gasteiger partial charge in [-0.1, -0.05) is 49.4 Å². The van der Waals surface area contributed by atoms with Gasteiger partial charge in [0, 0.05) is 17.7 Å². The molecule has 1 atom stereocenters. The average Bonchev–Trinajstić information content (AvgIpc) is 3.15. The lowest BCUT2D eigenvalue weighted by Crippen LogP contribution is -2.17. The number of aromatic nitrogens is 2. The van der Waals surface area contributed by atoms with Gasteiger partial charge < -0.3 is 19.1 Å². The Bertz CT molecular complexity index is 861. The SMILES string of the molecule is CCCO[C@@H](C)Cn1cnc(-c2ccccc2)c1-c1cccc(OCCO)c1. The predicted octanol–water partition coefficient (Wildman–Crippen LogP) is 4.40. The molecule has 1 aromatic heterocycles. The van der Waals surface area contributed by atoms with E-state index >= 15 is 0 Å². The first kappa shape index (κ1) is 20.1. The molecule has 1 heterocycles. The number of imidazole rings is 1. The molecule has 3 rings (SSSR count). The van der Waals surface area contributed by atoms with E-state index in [9.17, 15) is 0 Å². The Morgan fingerprint density at radius 3 is 2.57 bits per heavy atom. The third-order valence-electron chi connectivity index (χ3n) is 4.41. The molecule has 0 unspecified atom stereocenters. The number of hydrogen-bond acceptors (Lipinski definition) is 4. The summed E-state index contributed by atoms with van der Waals surface area (Å²) in [6.45, 7) is 5.93. The summed E-state index contributed by atoms with van der Waals surface area (Å²) in [5.74, 6) is 0.730. The number of aliphatic hydroxyl groups excluding tert-OH is 1. The summed E-state index contributed by atoms with van der Waals surface area (Å²) in [5.41, 5.74) is 4.06. The lowest BCUT2D eigenvalue weighted by atomic mass is 10.0. The van der Waals surface area contributed by atoms with Crippen LogP contribution in [0.15, 0.2) is 60.9 Å². The molecule has 5 nitrogen and oxygen atoms in total. The van der Waals surface area contributed by atoms with E-state index in [1.165, 1.54) is 0 Å². The molecule has 0 aliphatic heterocycles. The van der Waals surface area contributed by atoms with Crippen LogP contribution >= 0.6 is 0 Å². The third kappa shape index (κ3) is 5.00. The molecular weight excluding hydrogens is 352 g/mol. The molecule has 0 radical (unpaired) electrons. The third-order valence-corrected chi connectivity index (χ3v) is 4.41. The molecule has 0 amide bonds. The molecule has 0 aliphatic carbocycles. The summed E-state index contributed by atoms with van der Waals surface area (Å²) in [7, 11) is 0. The highest BCUT2D eigenvalue weighted by atomic mass is 16.5. The Kier molecular flexibility index (Phi) is 7.23. The van der Waals surface area contributed by atoms with E-state index in [1.807, 2.05) is 42.7 Å². The first-order valence-corrected chi connectivity index (χ1v) is 9.79. The number of benzene rings is 2. The smallest absolute Gasteiger partial charge is 0.120 e. The number of aliphatic hydroxyl groups is 1. The van der Waals surface area contributed by atoms with Crippen LogP contribution in [0.5, 0.6) is 5.75 Å². The molecule has 0 saturated carbocycles. The molecule has 148 valence electrons. The fraction of sp³-hybridized carbons (Fsp3) is 0.348. The van der Waals surface area contributed by atoms with Gasteiger partial charge in [0.05, 0.1) is 37.0 Å². The fourth-order valence-corrected chi connectivity index (χ4v) is 3.18. The maximum absolute atomic E-state index is 9.03. The summed E-state index contributed by atoms with van der Waals surface area (Å²) in [6.07, 6.45) is 2.97. The van der Waals surface area contributed by atoms with Crippen LogP contribution < -0.4 is 4.74 Å². The molecule has 2 aromatic carbocycles. The van der Waals surface area contributed by atoms with Crippen molar-refractivity contribution in [3.63, 3.8) is 0 Å². The lowest BCUT2D eigenvalue weighted by molar-refractivity contribution is 0.0551. The Hall–Kier alpha value is -2.63. The van der Waals surface area contributed by atoms with Crippen LogP contribution in [0, 0.1) is 0 Å². The second-order valence-electron chi connectivity index (χ2n) is 6.74. The van der Waals surface area contributed by atoms with Gasteiger partial charge in [0.25, 0.3) is 0 Å². The van der Waals surface area contributed by atoms with E-state index in [1.54, 1.807) is 0 Å². The second kappa shape index (κ2) is 10.1. The second-order valence-corrected chi connectivity index (χ2v) is 6.74. The molecule has 0 spiro atoms. The number of nitrogens with zero attached hydrogens (tertiary/aromatic N) is 2. The quantitative estimate of drug-likeness (QED) is 0.566. The molecule has 5 heteroatoms. The van der Waals surface area contributed by atoms with Gasteiger partial charge in [-0.25, -0.2) is 4.98 Å². The monoisotopic (exact) mass is 380 g/mol. The van der Waals surface area contributed by atoms with Crippen molar-refractivity contribution in [1.82, 2.24) is 9.55 Å². The molecule has 0 saturated heterocycles. The normalized spacial score (nSPS) is 12.1. The topological polar surface area (TPSA) is 56.5 Å². The Morgan fingerprint density at radius 2 is 1.82 bits per heavy atom. The van der Waals surface area contributed by atoms with Crippen molar-refractivity contribution in [2.75, 3.05) is 19.8 Å². The van der Waals surface area contributed by atoms with Crippen LogP contribution in [-0.4, -0.2) is 40.6 Å². The van der Waals surface area contributed by atoms with Crippen molar-refractivity contribution in [3.05, 3.63) is 60.9 Å². The van der Waals surface area contributed by atoms with Gasteiger partial charge >= 0.3 is 0 Å². The van der Waals surface area contributed by atoms with Gasteiger partial charge in [-0.2, -0.15) is 0 Å². The van der Waals surface area contributed by atoms with Crippen molar-refractivity contribution in [2.45, 2.75) is 32.9 Å². The first-order valence-electron chi connectivity index (χ1n) is 9.79. The van der Waals surface area contributed by atoms with Crippen molar-refractivity contribution in [3.8, 4) is 28.3 Å². The number of rotatable bonds is 10. The molecular formula is C23H28N2O3. The maximum Gasteiger partial charge on any atom is 0.120 e. The largest absolute Gasteiger partial charge is 0.491 e. The van der Waals surface area contributed by atoms with E-state index in [4.69, 9.17) is 19.6 Å². The minimum atomic E-state index is -0.0102. The van der Waals surface area contributed by atoms with E-state index < -0.39 is 0 Å². The van der Waals surface area contributed by atoms with Crippen LogP contribution in [-0.2, 0) is 11.3 Å². The summed E-state index contributed by atoms with van der Waals surface area (Å²) >= 11 is 0. The van der Waals surface area contributed by atoms with Gasteiger partial charge in [0.2, 0.25) is 0 Å². The Balaban J connectivity index is 1.99. The highest BCUT2D eigenvalue weighted by Gasteiger charge is 2.17. The van der Waals surface area contributed by atoms with Crippen LogP contribution in [0.25, 0.3) is 22.5 Å². The zero-order chi connectivity index (χ0) is 19.8. The summed E-state index contributed by atoms with van der Waals surface area (Å²) in [6, 6.07) is 18.1. The average molecular weight is 380 g/mol. The Morgan fingerprint density at radius 1 is 1.04 bits per heavy atom. The summed E-state index contributed by atoms with van der Waals surface area (Å²) in [5, 5.41) is 9.03. The van der Waals surface area contributed by atoms with Gasteiger partial charge in [0.15, 0.2) is 0 Å². The van der Waals surface area contributed by atoms with E-state index in [0.717, 1.165) is 47.8 Å². The van der Waals surface area contributed by atoms with Crippen LogP contribution in [0.1, 0.15) is 20.3 Å². The van der Waals surface area contributed by atoms with Crippen molar-refractivity contribution >= 4 is 0 Å². The lowest BCUT2D eigenvalue weighted by Gasteiger charge is -2.17. The fourth-order valence-electron chi connectivity index (χ4n) is 3.18. The van der Waals surface area contributed by atoms with Gasteiger partial charge in [-0.15, -0.1) is 0 Å². The van der Waals surface area contributed by atoms with Crippen molar-refractivity contribution in [2.24, 2.45) is 0 Å². The summed E-state index contributed by atoms with van der Waals surface area (Å²) < 4.78 is 13.6. The van der Waals surface area contributed by atoms with Gasteiger partial charge in [0.1, 0.15) is 12.4 Å². The van der Waals surface area contributed by atoms with Crippen molar-refractivity contribution < 1.29 is 14.6 Å². The highest BCUT2D eigenvalue weighted by Crippen LogP contribution is 2.33. The minimum Gasteiger partial charge on any atom is -0.491 e. The predicted molar refractivity (Wildman–Crippen MR) is 111 cm³/mol. The molecule has 0 bridgehead atoms. The minimum absolute atomic E-state index is 0.0102. The van der Waals surface area contributed by atoms with Gasteiger partial charge in [-0.05, 0) is 25.5 Å². The van der Waals surface area contributed by atoms with E-state index in [2.05, 4.69) is 36.6 Å². The number of hydrogen-bond donors (Lipinski definition) is 1. The molecule has 28 heavy (non-hydrogen) atoms. The zero-order valence-corrected chi connectivity index (χ0v) is 16.5. The van der Waals surface area contributed by atoms with E-state index in [0.29, 0.717) is 0 Å². The van der Waals surface area contributed by atoms with E-state index in [-0.39, 0.29) is 19.3 Å². The zero-order valence-electron chi connectivity index (χ0n) is 16.5. The standard InChI is InChI=1S/C23H28N2O3/c1-3-13-27-18(2)16-25-17-24-22(19-8-5-4-6-9-19)23(25)20-10-7-11-21(15-20)28-14-12-26/h4-11,15,17-18,26H,3,12-14,16H2,1-2H3/t18-/m0/s1. The van der Waals surface area contributed by atoms with Crippen molar-refractivity contribution in [1.29, 1.82) is 0 Å². The van der Waals surface area contributed by atoms with Gasteiger partial charge in [-0.3, -0.25) is 0 Å². The molecule has 0 fully saturated rings. The Labute approximate surface area is 166 Å². The first-order chi connectivity index (χ1) is 13.7. The van der Waals surface area contributed by atoms with Crippen LogP contribution in [0.2, 0.25) is 0 Å².